The molecule has 0 spiro atoms. The minimum Gasteiger partial charge on any atom is -0.466 e. The summed E-state index contributed by atoms with van der Waals surface area (Å²) in [6.07, 6.45) is 0.990. The number of nitro groups is 2. The lowest BCUT2D eigenvalue weighted by Gasteiger charge is -2.05. The maximum Gasteiger partial charge on any atom is 0.332 e. The molecule has 10 nitrogen and oxygen atoms in total. The summed E-state index contributed by atoms with van der Waals surface area (Å²) in [5.41, 5.74) is -1.34. The smallest absolute Gasteiger partial charge is 0.332 e. The first-order valence-electron chi connectivity index (χ1n) is 5.76. The molecule has 0 aromatic heterocycles. The summed E-state index contributed by atoms with van der Waals surface area (Å²) in [6.45, 7) is 1.39. The first kappa shape index (κ1) is 16.8. The molecule has 0 bridgehead atoms. The lowest BCUT2D eigenvalue weighted by atomic mass is 10.1. The number of allylic oxidation sites excluding steroid dienone is 1. The summed E-state index contributed by atoms with van der Waals surface area (Å²) in [6, 6.07) is 2.54. The van der Waals surface area contributed by atoms with Crippen molar-refractivity contribution in [3.8, 4) is 0 Å². The van der Waals surface area contributed by atoms with Gasteiger partial charge in [-0.05, 0) is 6.92 Å². The van der Waals surface area contributed by atoms with Crippen molar-refractivity contribution in [2.45, 2.75) is 6.92 Å². The van der Waals surface area contributed by atoms with Gasteiger partial charge in [0.15, 0.2) is 0 Å². The molecule has 0 aliphatic carbocycles. The largest absolute Gasteiger partial charge is 0.466 e. The number of carbonyl (C=O) groups excluding carboxylic acids is 2. The standard InChI is InChI=1S/C12H11N3O7/c1-7(3-11(16)22-2)13-12(17)8-4-9(14(18)19)6-10(5-8)15(20)21/h3-6H,1-2H3,(H,13,17)/b7-3+. The summed E-state index contributed by atoms with van der Waals surface area (Å²) in [4.78, 5) is 42.7. The van der Waals surface area contributed by atoms with Crippen LogP contribution in [0.25, 0.3) is 0 Å². The van der Waals surface area contributed by atoms with Gasteiger partial charge in [-0.2, -0.15) is 0 Å². The Morgan fingerprint density at radius 2 is 1.64 bits per heavy atom. The molecule has 1 aromatic carbocycles. The number of hydrogen-bond donors (Lipinski definition) is 1. The first-order valence-corrected chi connectivity index (χ1v) is 5.76. The summed E-state index contributed by atoms with van der Waals surface area (Å²) in [5.74, 6) is -1.53. The van der Waals surface area contributed by atoms with E-state index in [1.807, 2.05) is 0 Å². The summed E-state index contributed by atoms with van der Waals surface area (Å²) >= 11 is 0. The van der Waals surface area contributed by atoms with E-state index in [9.17, 15) is 29.8 Å². The van der Waals surface area contributed by atoms with Crippen molar-refractivity contribution in [3.63, 3.8) is 0 Å². The minimum atomic E-state index is -0.846. The maximum atomic E-state index is 11.9. The Bertz CT molecular complexity index is 649. The van der Waals surface area contributed by atoms with E-state index in [0.29, 0.717) is 0 Å². The zero-order valence-corrected chi connectivity index (χ0v) is 11.6. The van der Waals surface area contributed by atoms with Gasteiger partial charge in [-0.3, -0.25) is 25.0 Å². The Labute approximate surface area is 123 Å². The third-order valence-corrected chi connectivity index (χ3v) is 2.43. The summed E-state index contributed by atoms with van der Waals surface area (Å²) < 4.78 is 4.36. The van der Waals surface area contributed by atoms with E-state index in [1.54, 1.807) is 0 Å². The molecule has 0 saturated heterocycles. The van der Waals surface area contributed by atoms with Crippen molar-refractivity contribution in [2.75, 3.05) is 7.11 Å². The number of amides is 1. The molecule has 116 valence electrons. The number of nitrogens with one attached hydrogen (secondary N) is 1. The number of ether oxygens (including phenoxy) is 1. The molecule has 0 fully saturated rings. The highest BCUT2D eigenvalue weighted by Gasteiger charge is 2.20. The van der Waals surface area contributed by atoms with Crippen LogP contribution in [0.2, 0.25) is 0 Å². The van der Waals surface area contributed by atoms with Gasteiger partial charge in [0.1, 0.15) is 0 Å². The molecule has 0 unspecified atom stereocenters. The number of rotatable bonds is 5. The average molecular weight is 309 g/mol. The lowest BCUT2D eigenvalue weighted by Crippen LogP contribution is -2.22. The van der Waals surface area contributed by atoms with Crippen LogP contribution >= 0.6 is 0 Å². The van der Waals surface area contributed by atoms with Crippen LogP contribution < -0.4 is 5.32 Å². The molecule has 1 N–H and O–H groups in total. The Balaban J connectivity index is 3.12. The Morgan fingerprint density at radius 3 is 2.05 bits per heavy atom. The Morgan fingerprint density at radius 1 is 1.14 bits per heavy atom. The number of nitrogens with zero attached hydrogens (tertiary/aromatic N) is 2. The number of nitro benzene ring substituents is 2. The minimum absolute atomic E-state index is 0.117. The topological polar surface area (TPSA) is 142 Å². The SMILES string of the molecule is COC(=O)/C=C(\C)NC(=O)c1cc([N+](=O)[O-])cc([N+](=O)[O-])c1. The van der Waals surface area contributed by atoms with Crippen LogP contribution in [0, 0.1) is 20.2 Å². The van der Waals surface area contributed by atoms with Crippen LogP contribution in [0.1, 0.15) is 17.3 Å². The fraction of sp³-hybridized carbons (Fsp3) is 0.167. The third kappa shape index (κ3) is 4.37. The second-order valence-corrected chi connectivity index (χ2v) is 4.06. The maximum absolute atomic E-state index is 11.9. The second kappa shape index (κ2) is 6.92. The molecule has 22 heavy (non-hydrogen) atoms. The van der Waals surface area contributed by atoms with Gasteiger partial charge in [-0.1, -0.05) is 0 Å². The normalized spacial score (nSPS) is 10.7. The second-order valence-electron chi connectivity index (χ2n) is 4.06. The number of methoxy groups -OCH3 is 1. The molecule has 0 aliphatic heterocycles. The van der Waals surface area contributed by atoms with Gasteiger partial charge < -0.3 is 10.1 Å². The van der Waals surface area contributed by atoms with Gasteiger partial charge in [-0.15, -0.1) is 0 Å². The van der Waals surface area contributed by atoms with E-state index < -0.39 is 33.1 Å². The van der Waals surface area contributed by atoms with Crippen LogP contribution in [-0.4, -0.2) is 28.8 Å². The Hall–Kier alpha value is -3.30. The molecule has 0 atom stereocenters. The van der Waals surface area contributed by atoms with Crippen molar-refractivity contribution < 1.29 is 24.2 Å². The van der Waals surface area contributed by atoms with E-state index >= 15 is 0 Å². The predicted molar refractivity (Wildman–Crippen MR) is 73.0 cm³/mol. The fourth-order valence-corrected chi connectivity index (χ4v) is 1.46. The van der Waals surface area contributed by atoms with Crippen LogP contribution in [-0.2, 0) is 9.53 Å². The van der Waals surface area contributed by atoms with E-state index in [1.165, 1.54) is 6.92 Å². The molecule has 1 aromatic rings. The van der Waals surface area contributed by atoms with Gasteiger partial charge in [0.25, 0.3) is 17.3 Å². The van der Waals surface area contributed by atoms with Crippen molar-refractivity contribution >= 4 is 23.3 Å². The van der Waals surface area contributed by atoms with Crippen LogP contribution in [0.15, 0.2) is 30.0 Å². The van der Waals surface area contributed by atoms with Gasteiger partial charge >= 0.3 is 5.97 Å². The van der Waals surface area contributed by atoms with E-state index in [2.05, 4.69) is 10.1 Å². The Kier molecular flexibility index (Phi) is 5.27. The first-order chi connectivity index (χ1) is 10.2. The number of esters is 1. The zero-order chi connectivity index (χ0) is 16.9. The van der Waals surface area contributed by atoms with E-state index in [-0.39, 0.29) is 11.3 Å². The average Bonchev–Trinajstić information content (AvgIpc) is 2.46. The molecule has 1 rings (SSSR count). The van der Waals surface area contributed by atoms with Crippen molar-refractivity contribution in [1.29, 1.82) is 0 Å². The molecular weight excluding hydrogens is 298 g/mol. The fourth-order valence-electron chi connectivity index (χ4n) is 1.46. The van der Waals surface area contributed by atoms with Crippen LogP contribution in [0.3, 0.4) is 0 Å². The van der Waals surface area contributed by atoms with E-state index in [0.717, 1.165) is 31.4 Å². The molecule has 0 saturated carbocycles. The third-order valence-electron chi connectivity index (χ3n) is 2.43. The molecule has 0 radical (unpaired) electrons. The number of non-ortho nitro benzene ring substituents is 2. The predicted octanol–water partition coefficient (Wildman–Crippen LogP) is 1.31. The lowest BCUT2D eigenvalue weighted by molar-refractivity contribution is -0.394. The van der Waals surface area contributed by atoms with Crippen molar-refractivity contribution in [1.82, 2.24) is 5.32 Å². The monoisotopic (exact) mass is 309 g/mol. The number of benzene rings is 1. The number of hydrogen-bond acceptors (Lipinski definition) is 7. The zero-order valence-electron chi connectivity index (χ0n) is 11.6. The van der Waals surface area contributed by atoms with Crippen molar-refractivity contribution in [3.05, 3.63) is 55.8 Å². The molecule has 1 amide bonds. The van der Waals surface area contributed by atoms with E-state index in [4.69, 9.17) is 0 Å². The van der Waals surface area contributed by atoms with Crippen LogP contribution in [0.5, 0.6) is 0 Å². The molecule has 0 heterocycles. The number of carbonyl (C=O) groups is 2. The van der Waals surface area contributed by atoms with Gasteiger partial charge in [-0.25, -0.2) is 4.79 Å². The quantitative estimate of drug-likeness (QED) is 0.374. The van der Waals surface area contributed by atoms with Gasteiger partial charge in [0.05, 0.1) is 28.6 Å². The summed E-state index contributed by atoms with van der Waals surface area (Å²) in [5, 5.41) is 23.7. The van der Waals surface area contributed by atoms with Crippen LogP contribution in [0.4, 0.5) is 11.4 Å². The molecule has 10 heteroatoms. The molecule has 0 aliphatic rings. The highest BCUT2D eigenvalue weighted by molar-refractivity contribution is 5.97. The highest BCUT2D eigenvalue weighted by atomic mass is 16.6. The van der Waals surface area contributed by atoms with Gasteiger partial charge in [0, 0.05) is 23.9 Å². The molecular formula is C12H11N3O7. The highest BCUT2D eigenvalue weighted by Crippen LogP contribution is 2.22. The van der Waals surface area contributed by atoms with Crippen molar-refractivity contribution in [2.24, 2.45) is 0 Å². The van der Waals surface area contributed by atoms with Gasteiger partial charge in [0.2, 0.25) is 0 Å². The summed E-state index contributed by atoms with van der Waals surface area (Å²) in [7, 11) is 1.15.